The van der Waals surface area contributed by atoms with Crippen LogP contribution in [0.4, 0.5) is 5.69 Å². The number of nitrogens with one attached hydrogen (secondary N) is 1. The number of para-hydroxylation sites is 1. The molecule has 0 aliphatic carbocycles. The maximum atomic E-state index is 14.5. The average Bonchev–Trinajstić information content (AvgIpc) is 3.03. The predicted molar refractivity (Wildman–Crippen MR) is 179 cm³/mol. The minimum absolute atomic E-state index is 0.0887. The Kier molecular flexibility index (Phi) is 11.4. The molecule has 0 radical (unpaired) electrons. The van der Waals surface area contributed by atoms with E-state index in [-0.39, 0.29) is 23.8 Å². The molecule has 230 valence electrons. The van der Waals surface area contributed by atoms with E-state index in [1.807, 2.05) is 87.5 Å². The van der Waals surface area contributed by atoms with Crippen molar-refractivity contribution in [1.29, 1.82) is 0 Å². The van der Waals surface area contributed by atoms with E-state index in [4.69, 9.17) is 0 Å². The summed E-state index contributed by atoms with van der Waals surface area (Å²) in [5.74, 6) is -0.787. The summed E-state index contributed by atoms with van der Waals surface area (Å²) in [6.45, 7) is 5.70. The molecule has 44 heavy (non-hydrogen) atoms. The van der Waals surface area contributed by atoms with Gasteiger partial charge in [0.25, 0.3) is 10.0 Å². The zero-order chi connectivity index (χ0) is 31.7. The first-order valence-corrected chi connectivity index (χ1v) is 16.9. The first kappa shape index (κ1) is 33.0. The lowest BCUT2D eigenvalue weighted by Crippen LogP contribution is -2.53. The zero-order valence-electron chi connectivity index (χ0n) is 25.2. The molecule has 0 aliphatic rings. The van der Waals surface area contributed by atoms with Gasteiger partial charge < -0.3 is 10.2 Å². The smallest absolute Gasteiger partial charge is 0.264 e. The molecule has 0 saturated heterocycles. The quantitative estimate of drug-likeness (QED) is 0.180. The highest BCUT2D eigenvalue weighted by Gasteiger charge is 2.35. The first-order valence-electron chi connectivity index (χ1n) is 14.7. The van der Waals surface area contributed by atoms with Gasteiger partial charge in [-0.05, 0) is 67.3 Å². The van der Waals surface area contributed by atoms with Crippen molar-refractivity contribution in [3.05, 3.63) is 130 Å². The second kappa shape index (κ2) is 15.2. The molecule has 0 heterocycles. The van der Waals surface area contributed by atoms with Crippen molar-refractivity contribution >= 4 is 43.5 Å². The Hall–Kier alpha value is -3.95. The molecule has 1 atom stereocenters. The molecule has 0 saturated carbocycles. The fourth-order valence-electron chi connectivity index (χ4n) is 5.04. The minimum atomic E-state index is -4.15. The van der Waals surface area contributed by atoms with Gasteiger partial charge in [0.1, 0.15) is 12.6 Å². The van der Waals surface area contributed by atoms with Gasteiger partial charge in [-0.15, -0.1) is 0 Å². The molecule has 0 aromatic heterocycles. The fourth-order valence-corrected chi connectivity index (χ4v) is 6.75. The predicted octanol–water partition coefficient (Wildman–Crippen LogP) is 6.29. The number of carbonyl (C=O) groups excluding carboxylic acids is 2. The van der Waals surface area contributed by atoms with E-state index in [2.05, 4.69) is 21.2 Å². The number of aryl methyl sites for hydroxylation is 2. The summed E-state index contributed by atoms with van der Waals surface area (Å²) in [7, 11) is -4.15. The number of amides is 2. The summed E-state index contributed by atoms with van der Waals surface area (Å²) in [5.41, 5.74) is 3.85. The summed E-state index contributed by atoms with van der Waals surface area (Å²) < 4.78 is 30.5. The maximum Gasteiger partial charge on any atom is 0.264 e. The van der Waals surface area contributed by atoms with Crippen molar-refractivity contribution < 1.29 is 18.0 Å². The summed E-state index contributed by atoms with van der Waals surface area (Å²) in [6.07, 6.45) is 0.841. The highest BCUT2D eigenvalue weighted by Crippen LogP contribution is 2.29. The lowest BCUT2D eigenvalue weighted by molar-refractivity contribution is -0.140. The lowest BCUT2D eigenvalue weighted by Gasteiger charge is -2.34. The fraction of sp³-hybridized carbons (Fsp3) is 0.257. The molecule has 1 N–H and O–H groups in total. The monoisotopic (exact) mass is 675 g/mol. The molecule has 0 aliphatic heterocycles. The number of likely N-dealkylation sites (N-methyl/N-ethyl adjacent to an activating group) is 1. The molecule has 4 aromatic rings. The van der Waals surface area contributed by atoms with Gasteiger partial charge in [-0.2, -0.15) is 0 Å². The second-order valence-electron chi connectivity index (χ2n) is 10.6. The van der Waals surface area contributed by atoms with Gasteiger partial charge in [0.15, 0.2) is 0 Å². The van der Waals surface area contributed by atoms with Crippen LogP contribution in [0, 0.1) is 6.92 Å². The topological polar surface area (TPSA) is 86.8 Å². The molecule has 2 amide bonds. The molecule has 4 rings (SSSR count). The van der Waals surface area contributed by atoms with Crippen LogP contribution >= 0.6 is 15.9 Å². The van der Waals surface area contributed by atoms with E-state index in [0.717, 1.165) is 26.7 Å². The van der Waals surface area contributed by atoms with E-state index in [1.54, 1.807) is 36.4 Å². The first-order chi connectivity index (χ1) is 21.1. The molecule has 0 bridgehead atoms. The van der Waals surface area contributed by atoms with Crippen LogP contribution in [0.1, 0.15) is 36.1 Å². The van der Waals surface area contributed by atoms with E-state index < -0.39 is 28.5 Å². The van der Waals surface area contributed by atoms with Gasteiger partial charge in [0, 0.05) is 24.0 Å². The Balaban J connectivity index is 1.82. The van der Waals surface area contributed by atoms with Crippen LogP contribution in [0.5, 0.6) is 0 Å². The lowest BCUT2D eigenvalue weighted by atomic mass is 10.0. The van der Waals surface area contributed by atoms with Crippen molar-refractivity contribution in [3.8, 4) is 0 Å². The number of halogens is 1. The molecular formula is C35H38BrN3O4S. The van der Waals surface area contributed by atoms with Crippen LogP contribution in [-0.4, -0.2) is 44.3 Å². The Morgan fingerprint density at radius 2 is 1.45 bits per heavy atom. The van der Waals surface area contributed by atoms with Crippen LogP contribution in [0.25, 0.3) is 0 Å². The number of nitrogens with zero attached hydrogens (tertiary/aromatic N) is 2. The third kappa shape index (κ3) is 8.15. The molecule has 0 spiro atoms. The van der Waals surface area contributed by atoms with Crippen LogP contribution in [0.3, 0.4) is 0 Å². The second-order valence-corrected chi connectivity index (χ2v) is 13.3. The Labute approximate surface area is 269 Å². The van der Waals surface area contributed by atoms with Crippen molar-refractivity contribution in [3.63, 3.8) is 0 Å². The number of carbonyl (C=O) groups is 2. The largest absolute Gasteiger partial charge is 0.355 e. The highest BCUT2D eigenvalue weighted by molar-refractivity contribution is 9.10. The third-order valence-electron chi connectivity index (χ3n) is 7.42. The summed E-state index contributed by atoms with van der Waals surface area (Å²) >= 11 is 3.46. The number of sulfonamides is 1. The van der Waals surface area contributed by atoms with Crippen molar-refractivity contribution in [2.75, 3.05) is 17.4 Å². The van der Waals surface area contributed by atoms with Gasteiger partial charge in [0.05, 0.1) is 10.6 Å². The van der Waals surface area contributed by atoms with E-state index in [1.165, 1.54) is 9.21 Å². The van der Waals surface area contributed by atoms with Crippen molar-refractivity contribution in [2.24, 2.45) is 0 Å². The van der Waals surface area contributed by atoms with Crippen molar-refractivity contribution in [1.82, 2.24) is 10.2 Å². The van der Waals surface area contributed by atoms with Crippen LogP contribution in [-0.2, 0) is 39.0 Å². The van der Waals surface area contributed by atoms with Crippen LogP contribution < -0.4 is 9.62 Å². The van der Waals surface area contributed by atoms with E-state index >= 15 is 0 Å². The van der Waals surface area contributed by atoms with Gasteiger partial charge in [0.2, 0.25) is 11.8 Å². The summed E-state index contributed by atoms with van der Waals surface area (Å²) in [4.78, 5) is 29.7. The number of benzene rings is 4. The molecule has 0 unspecified atom stereocenters. The number of hydrogen-bond acceptors (Lipinski definition) is 4. The normalized spacial score (nSPS) is 11.9. The molecule has 7 nitrogen and oxygen atoms in total. The maximum absolute atomic E-state index is 14.5. The standard InChI is InChI=1S/C35H38BrN3O4S/c1-4-29-13-9-10-14-32(29)39(44(42,43)31-21-15-26(3)16-22-31)25-34(40)38(24-28-17-19-30(36)20-18-28)33(35(41)37-5-2)23-27-11-7-6-8-12-27/h6-22,33H,4-5,23-25H2,1-3H3,(H,37,41)/t33-/m1/s1. The molecule has 4 aromatic carbocycles. The highest BCUT2D eigenvalue weighted by atomic mass is 79.9. The van der Waals surface area contributed by atoms with Crippen molar-refractivity contribution in [2.45, 2.75) is 51.1 Å². The van der Waals surface area contributed by atoms with Gasteiger partial charge in [-0.3, -0.25) is 13.9 Å². The third-order valence-corrected chi connectivity index (χ3v) is 9.72. The number of rotatable bonds is 13. The molecule has 0 fully saturated rings. The van der Waals surface area contributed by atoms with Gasteiger partial charge in [-0.25, -0.2) is 8.42 Å². The SMILES string of the molecule is CCNC(=O)[C@@H](Cc1ccccc1)N(Cc1ccc(Br)cc1)C(=O)CN(c1ccccc1CC)S(=O)(=O)c1ccc(C)cc1. The van der Waals surface area contributed by atoms with E-state index in [9.17, 15) is 18.0 Å². The molecular weight excluding hydrogens is 638 g/mol. The van der Waals surface area contributed by atoms with E-state index in [0.29, 0.717) is 18.7 Å². The average molecular weight is 677 g/mol. The van der Waals surface area contributed by atoms with Gasteiger partial charge in [-0.1, -0.05) is 101 Å². The Morgan fingerprint density at radius 1 is 0.818 bits per heavy atom. The zero-order valence-corrected chi connectivity index (χ0v) is 27.6. The summed E-state index contributed by atoms with van der Waals surface area (Å²) in [5, 5.41) is 2.89. The van der Waals surface area contributed by atoms with Crippen LogP contribution in [0.15, 0.2) is 112 Å². The number of hydrogen-bond donors (Lipinski definition) is 1. The van der Waals surface area contributed by atoms with Crippen LogP contribution in [0.2, 0.25) is 0 Å². The molecule has 9 heteroatoms. The number of anilines is 1. The van der Waals surface area contributed by atoms with Gasteiger partial charge >= 0.3 is 0 Å². The summed E-state index contributed by atoms with van der Waals surface area (Å²) in [6, 6.07) is 30.0. The Bertz CT molecular complexity index is 1660. The minimum Gasteiger partial charge on any atom is -0.355 e. The Morgan fingerprint density at radius 3 is 2.09 bits per heavy atom.